The number of aliphatic imine (C=N–C) groups is 2. The van der Waals surface area contributed by atoms with Gasteiger partial charge in [0.1, 0.15) is 0 Å². The van der Waals surface area contributed by atoms with Crippen LogP contribution < -0.4 is 10.6 Å². The van der Waals surface area contributed by atoms with Crippen molar-refractivity contribution in [2.45, 2.75) is 19.4 Å². The fraction of sp³-hybridized carbons (Fsp3) is 0.348. The van der Waals surface area contributed by atoms with Gasteiger partial charge in [-0.1, -0.05) is 35.9 Å². The molecule has 2 aromatic rings. The molecular formula is C23H26ClN5OS. The average molecular weight is 456 g/mol. The predicted molar refractivity (Wildman–Crippen MR) is 130 cm³/mol. The van der Waals surface area contributed by atoms with Crippen LogP contribution in [0.1, 0.15) is 32.1 Å². The maximum Gasteiger partial charge on any atom is 0.264 e. The first kappa shape index (κ1) is 21.7. The largest absolute Gasteiger partial charge is 0.354 e. The van der Waals surface area contributed by atoms with E-state index in [1.807, 2.05) is 41.4 Å². The van der Waals surface area contributed by atoms with Gasteiger partial charge in [0.15, 0.2) is 0 Å². The second-order valence-electron chi connectivity index (χ2n) is 7.40. The molecule has 0 spiro atoms. The van der Waals surface area contributed by atoms with Crippen molar-refractivity contribution in [2.24, 2.45) is 9.98 Å². The number of nitrogens with one attached hydrogen (secondary N) is 2. The fourth-order valence-electron chi connectivity index (χ4n) is 3.52. The summed E-state index contributed by atoms with van der Waals surface area (Å²) < 4.78 is 0. The molecule has 1 saturated heterocycles. The zero-order chi connectivity index (χ0) is 21.5. The maximum absolute atomic E-state index is 12.9. The van der Waals surface area contributed by atoms with E-state index < -0.39 is 0 Å². The van der Waals surface area contributed by atoms with Crippen LogP contribution in [0.25, 0.3) is 6.08 Å². The molecule has 2 aliphatic rings. The van der Waals surface area contributed by atoms with Gasteiger partial charge < -0.3 is 15.5 Å². The lowest BCUT2D eigenvalue weighted by Gasteiger charge is -2.26. The lowest BCUT2D eigenvalue weighted by molar-refractivity contribution is 0.0740. The fourth-order valence-corrected chi connectivity index (χ4v) is 4.83. The number of rotatable bonds is 4. The molecule has 0 aliphatic carbocycles. The number of halogens is 1. The maximum atomic E-state index is 12.9. The minimum Gasteiger partial charge on any atom is -0.354 e. The van der Waals surface area contributed by atoms with Crippen molar-refractivity contribution in [3.8, 4) is 0 Å². The summed E-state index contributed by atoms with van der Waals surface area (Å²) >= 11 is 7.79. The van der Waals surface area contributed by atoms with Crippen molar-refractivity contribution in [1.29, 1.82) is 0 Å². The van der Waals surface area contributed by atoms with Crippen LogP contribution in [0, 0.1) is 0 Å². The number of allylic oxidation sites excluding steroid dienone is 1. The SMILES string of the molecule is O=C(c1cc2c(s1)/C=C\CC=NC(NCCc1ccccc1Cl)=NC2)N1CCNCC1. The lowest BCUT2D eigenvalue weighted by Crippen LogP contribution is -2.46. The predicted octanol–water partition coefficient (Wildman–Crippen LogP) is 3.62. The molecule has 31 heavy (non-hydrogen) atoms. The summed E-state index contributed by atoms with van der Waals surface area (Å²) in [5.41, 5.74) is 2.16. The first-order valence-electron chi connectivity index (χ1n) is 10.5. The van der Waals surface area contributed by atoms with Crippen LogP contribution in [0.4, 0.5) is 0 Å². The van der Waals surface area contributed by atoms with Gasteiger partial charge >= 0.3 is 0 Å². The van der Waals surface area contributed by atoms with Gasteiger partial charge in [-0.05, 0) is 35.8 Å². The molecule has 2 aliphatic heterocycles. The molecule has 8 heteroatoms. The second-order valence-corrected chi connectivity index (χ2v) is 8.89. The number of fused-ring (bicyclic) bond motifs is 1. The number of hydrogen-bond acceptors (Lipinski definition) is 6. The average Bonchev–Trinajstić information content (AvgIpc) is 3.21. The lowest BCUT2D eigenvalue weighted by atomic mass is 10.1. The van der Waals surface area contributed by atoms with Crippen LogP contribution in [-0.2, 0) is 13.0 Å². The van der Waals surface area contributed by atoms with Crippen LogP contribution in [0.5, 0.6) is 0 Å². The molecule has 4 rings (SSSR count). The van der Waals surface area contributed by atoms with Gasteiger partial charge in [0.25, 0.3) is 5.91 Å². The quantitative estimate of drug-likeness (QED) is 0.739. The van der Waals surface area contributed by atoms with Gasteiger partial charge in [-0.2, -0.15) is 0 Å². The molecule has 0 radical (unpaired) electrons. The molecule has 1 fully saturated rings. The Kier molecular flexibility index (Phi) is 7.51. The topological polar surface area (TPSA) is 69.1 Å². The minimum absolute atomic E-state index is 0.112. The van der Waals surface area contributed by atoms with E-state index in [0.717, 1.165) is 58.5 Å². The summed E-state index contributed by atoms with van der Waals surface area (Å²) in [4.78, 5) is 25.8. The van der Waals surface area contributed by atoms with Gasteiger partial charge in [-0.3, -0.25) is 4.79 Å². The second kappa shape index (κ2) is 10.7. The summed E-state index contributed by atoms with van der Waals surface area (Å²) in [6.45, 7) is 4.38. The molecule has 0 saturated carbocycles. The molecule has 2 N–H and O–H groups in total. The van der Waals surface area contributed by atoms with Gasteiger partial charge in [0.05, 0.1) is 11.4 Å². The number of hydrogen-bond donors (Lipinski definition) is 2. The Hall–Kier alpha value is -2.48. The molecule has 0 atom stereocenters. The Balaban J connectivity index is 1.44. The highest BCUT2D eigenvalue weighted by atomic mass is 35.5. The van der Waals surface area contributed by atoms with Gasteiger partial charge in [0.2, 0.25) is 5.96 Å². The standard InChI is InChI=1S/C23H26ClN5OS/c24-19-6-2-1-5-17(19)8-10-27-23-26-9-4-3-7-20-18(16-28-23)15-21(31-20)22(30)29-13-11-25-12-14-29/h1-3,5-7,9,15,25H,4,8,10-14,16H2,(H,27,28)/b7-3-,26-9?. The number of nitrogens with zero attached hydrogens (tertiary/aromatic N) is 3. The number of guanidine groups is 1. The van der Waals surface area contributed by atoms with Crippen molar-refractivity contribution in [3.05, 3.63) is 62.3 Å². The zero-order valence-electron chi connectivity index (χ0n) is 17.3. The van der Waals surface area contributed by atoms with E-state index in [1.165, 1.54) is 0 Å². The summed E-state index contributed by atoms with van der Waals surface area (Å²) in [5.74, 6) is 0.718. The van der Waals surface area contributed by atoms with Gasteiger partial charge in [-0.25, -0.2) is 9.98 Å². The van der Waals surface area contributed by atoms with Crippen molar-refractivity contribution in [3.63, 3.8) is 0 Å². The van der Waals surface area contributed by atoms with Crippen LogP contribution >= 0.6 is 22.9 Å². The number of piperazine rings is 1. The van der Waals surface area contributed by atoms with Crippen molar-refractivity contribution in [2.75, 3.05) is 32.7 Å². The molecule has 0 bridgehead atoms. The highest BCUT2D eigenvalue weighted by molar-refractivity contribution is 7.15. The first-order chi connectivity index (χ1) is 15.2. The van der Waals surface area contributed by atoms with Crippen LogP contribution in [0.15, 0.2) is 46.4 Å². The summed E-state index contributed by atoms with van der Waals surface area (Å²) in [6.07, 6.45) is 7.50. The Bertz CT molecular complexity index is 1010. The molecule has 1 aromatic carbocycles. The number of thiophene rings is 1. The van der Waals surface area contributed by atoms with E-state index in [2.05, 4.69) is 32.8 Å². The monoisotopic (exact) mass is 455 g/mol. The van der Waals surface area contributed by atoms with E-state index >= 15 is 0 Å². The number of benzene rings is 1. The minimum atomic E-state index is 0.112. The van der Waals surface area contributed by atoms with Crippen LogP contribution in [0.2, 0.25) is 5.02 Å². The van der Waals surface area contributed by atoms with Gasteiger partial charge in [-0.15, -0.1) is 11.3 Å². The Morgan fingerprint density at radius 3 is 2.94 bits per heavy atom. The third kappa shape index (κ3) is 5.81. The van der Waals surface area contributed by atoms with Crippen molar-refractivity contribution < 1.29 is 4.79 Å². The molecule has 3 heterocycles. The van der Waals surface area contributed by atoms with E-state index in [1.54, 1.807) is 11.3 Å². The molecule has 6 nitrogen and oxygen atoms in total. The van der Waals surface area contributed by atoms with E-state index in [4.69, 9.17) is 11.6 Å². The highest BCUT2D eigenvalue weighted by Crippen LogP contribution is 2.27. The summed E-state index contributed by atoms with van der Waals surface area (Å²) in [5, 5.41) is 7.38. The van der Waals surface area contributed by atoms with Gasteiger partial charge in [0, 0.05) is 55.3 Å². The van der Waals surface area contributed by atoms with E-state index in [0.29, 0.717) is 25.5 Å². The molecule has 0 unspecified atom stereocenters. The Labute approximate surface area is 191 Å². The number of carbonyl (C=O) groups is 1. The van der Waals surface area contributed by atoms with Crippen LogP contribution in [-0.4, -0.2) is 55.7 Å². The third-order valence-electron chi connectivity index (χ3n) is 5.22. The summed E-state index contributed by atoms with van der Waals surface area (Å²) in [7, 11) is 0. The third-order valence-corrected chi connectivity index (χ3v) is 6.71. The summed E-state index contributed by atoms with van der Waals surface area (Å²) in [6, 6.07) is 9.85. The molecule has 1 amide bonds. The number of amides is 1. The molecule has 1 aromatic heterocycles. The van der Waals surface area contributed by atoms with Crippen LogP contribution in [0.3, 0.4) is 0 Å². The highest BCUT2D eigenvalue weighted by Gasteiger charge is 2.21. The zero-order valence-corrected chi connectivity index (χ0v) is 18.9. The molecule has 162 valence electrons. The van der Waals surface area contributed by atoms with Crippen molar-refractivity contribution in [1.82, 2.24) is 15.5 Å². The number of carbonyl (C=O) groups excluding carboxylic acids is 1. The van der Waals surface area contributed by atoms with E-state index in [-0.39, 0.29) is 5.91 Å². The molecular weight excluding hydrogens is 430 g/mol. The smallest absolute Gasteiger partial charge is 0.264 e. The Morgan fingerprint density at radius 1 is 1.26 bits per heavy atom. The first-order valence-corrected chi connectivity index (χ1v) is 11.7. The Morgan fingerprint density at radius 2 is 2.10 bits per heavy atom. The normalized spacial score (nSPS) is 17.6. The van der Waals surface area contributed by atoms with E-state index in [9.17, 15) is 4.79 Å². The van der Waals surface area contributed by atoms with Crippen molar-refractivity contribution >= 4 is 47.1 Å².